The Labute approximate surface area is 153 Å². The van der Waals surface area contributed by atoms with Gasteiger partial charge in [-0.25, -0.2) is 4.98 Å². The van der Waals surface area contributed by atoms with Gasteiger partial charge in [-0.05, 0) is 38.5 Å². The first-order chi connectivity index (χ1) is 12.7. The fourth-order valence-corrected chi connectivity index (χ4v) is 4.65. The topological polar surface area (TPSA) is 72.6 Å². The monoisotopic (exact) mass is 357 g/mol. The van der Waals surface area contributed by atoms with Crippen molar-refractivity contribution in [3.8, 4) is 0 Å². The number of aromatic nitrogens is 4. The van der Waals surface area contributed by atoms with E-state index in [0.29, 0.717) is 12.4 Å². The Kier molecular flexibility index (Phi) is 4.78. The Balaban J connectivity index is 1.72. The molecule has 2 aliphatic rings. The van der Waals surface area contributed by atoms with E-state index in [9.17, 15) is 4.79 Å². The van der Waals surface area contributed by atoms with Gasteiger partial charge in [-0.1, -0.05) is 19.3 Å². The van der Waals surface area contributed by atoms with Gasteiger partial charge in [0.05, 0.1) is 13.0 Å². The van der Waals surface area contributed by atoms with Gasteiger partial charge in [0, 0.05) is 24.3 Å². The fourth-order valence-electron chi connectivity index (χ4n) is 4.65. The number of carbonyl (C=O) groups is 1. The molecule has 3 heterocycles. The van der Waals surface area contributed by atoms with Crippen LogP contribution < -0.4 is 4.90 Å². The molecule has 1 aliphatic carbocycles. The number of piperidine rings is 1. The lowest BCUT2D eigenvalue weighted by Crippen LogP contribution is -2.43. The molecular formula is C19H27N5O2. The molecule has 0 unspecified atom stereocenters. The molecule has 7 nitrogen and oxygen atoms in total. The first-order valence-electron chi connectivity index (χ1n) is 9.77. The minimum absolute atomic E-state index is 0.217. The number of carbonyl (C=O) groups excluding carboxylic acids is 1. The highest BCUT2D eigenvalue weighted by Crippen LogP contribution is 2.38. The molecule has 1 saturated carbocycles. The normalized spacial score (nSPS) is 23.1. The third kappa shape index (κ3) is 3.15. The summed E-state index contributed by atoms with van der Waals surface area (Å²) in [6.45, 7) is 6.19. The van der Waals surface area contributed by atoms with E-state index in [-0.39, 0.29) is 12.4 Å². The SMILES string of the molecule is CCOC(=O)Cc1c(C)nc2ncnn2c1N1CC[C@H]2CCCC[C@@H]2C1. The summed E-state index contributed by atoms with van der Waals surface area (Å²) in [5.41, 5.74) is 1.75. The fraction of sp³-hybridized carbons (Fsp3) is 0.684. The predicted molar refractivity (Wildman–Crippen MR) is 98.1 cm³/mol. The maximum atomic E-state index is 12.2. The lowest BCUT2D eigenvalue weighted by atomic mass is 9.75. The van der Waals surface area contributed by atoms with Crippen LogP contribution in [-0.2, 0) is 16.0 Å². The molecule has 2 aromatic heterocycles. The van der Waals surface area contributed by atoms with Crippen molar-refractivity contribution in [2.45, 2.75) is 52.4 Å². The van der Waals surface area contributed by atoms with Crippen molar-refractivity contribution < 1.29 is 9.53 Å². The molecule has 2 fully saturated rings. The molecule has 26 heavy (non-hydrogen) atoms. The van der Waals surface area contributed by atoms with Gasteiger partial charge in [0.2, 0.25) is 0 Å². The second-order valence-electron chi connectivity index (χ2n) is 7.49. The van der Waals surface area contributed by atoms with Crippen LogP contribution in [0.5, 0.6) is 0 Å². The lowest BCUT2D eigenvalue weighted by molar-refractivity contribution is -0.142. The number of ether oxygens (including phenoxy) is 1. The molecule has 0 N–H and O–H groups in total. The molecular weight excluding hydrogens is 330 g/mol. The highest BCUT2D eigenvalue weighted by molar-refractivity contribution is 5.75. The molecule has 140 valence electrons. The third-order valence-electron chi connectivity index (χ3n) is 5.92. The number of hydrogen-bond acceptors (Lipinski definition) is 6. The molecule has 0 aromatic carbocycles. The number of aryl methyl sites for hydroxylation is 1. The largest absolute Gasteiger partial charge is 0.466 e. The van der Waals surface area contributed by atoms with Crippen molar-refractivity contribution in [1.82, 2.24) is 19.6 Å². The first kappa shape index (κ1) is 17.2. The maximum Gasteiger partial charge on any atom is 0.310 e. The van der Waals surface area contributed by atoms with Gasteiger partial charge >= 0.3 is 5.97 Å². The summed E-state index contributed by atoms with van der Waals surface area (Å²) in [7, 11) is 0. The van der Waals surface area contributed by atoms with Gasteiger partial charge in [0.1, 0.15) is 12.1 Å². The maximum absolute atomic E-state index is 12.2. The zero-order valence-corrected chi connectivity index (χ0v) is 15.6. The molecule has 1 saturated heterocycles. The van der Waals surface area contributed by atoms with E-state index in [4.69, 9.17) is 4.74 Å². The first-order valence-corrected chi connectivity index (χ1v) is 9.77. The van der Waals surface area contributed by atoms with Crippen LogP contribution in [0.2, 0.25) is 0 Å². The number of fused-ring (bicyclic) bond motifs is 2. The average molecular weight is 357 g/mol. The number of hydrogen-bond donors (Lipinski definition) is 0. The van der Waals surface area contributed by atoms with Gasteiger partial charge in [-0.15, -0.1) is 0 Å². The molecule has 0 bridgehead atoms. The lowest BCUT2D eigenvalue weighted by Gasteiger charge is -2.42. The van der Waals surface area contributed by atoms with Crippen LogP contribution in [0.25, 0.3) is 5.78 Å². The van der Waals surface area contributed by atoms with E-state index in [1.165, 1.54) is 38.4 Å². The number of anilines is 1. The summed E-state index contributed by atoms with van der Waals surface area (Å²) < 4.78 is 6.99. The van der Waals surface area contributed by atoms with Crippen molar-refractivity contribution in [2.24, 2.45) is 11.8 Å². The zero-order valence-electron chi connectivity index (χ0n) is 15.6. The standard InChI is InChI=1S/C19H27N5O2/c1-3-26-17(25)10-16-13(2)22-19-20-12-21-24(19)18(16)23-9-8-14-6-4-5-7-15(14)11-23/h12,14-15H,3-11H2,1-2H3/t14-,15-/m1/s1. The van der Waals surface area contributed by atoms with Crippen LogP contribution >= 0.6 is 0 Å². The Morgan fingerprint density at radius 3 is 2.88 bits per heavy atom. The second-order valence-corrected chi connectivity index (χ2v) is 7.49. The molecule has 0 amide bonds. The smallest absolute Gasteiger partial charge is 0.310 e. The van der Waals surface area contributed by atoms with Crippen molar-refractivity contribution in [3.05, 3.63) is 17.6 Å². The summed E-state index contributed by atoms with van der Waals surface area (Å²) >= 11 is 0. The predicted octanol–water partition coefficient (Wildman–Crippen LogP) is 2.55. The van der Waals surface area contributed by atoms with E-state index in [2.05, 4.69) is 20.0 Å². The van der Waals surface area contributed by atoms with Crippen LogP contribution in [0.15, 0.2) is 6.33 Å². The van der Waals surface area contributed by atoms with E-state index >= 15 is 0 Å². The number of nitrogens with zero attached hydrogens (tertiary/aromatic N) is 5. The quantitative estimate of drug-likeness (QED) is 0.783. The van der Waals surface area contributed by atoms with Crippen LogP contribution in [0.4, 0.5) is 5.82 Å². The van der Waals surface area contributed by atoms with Gasteiger partial charge < -0.3 is 9.64 Å². The Morgan fingerprint density at radius 2 is 2.08 bits per heavy atom. The summed E-state index contributed by atoms with van der Waals surface area (Å²) in [6.07, 6.45) is 8.34. The van der Waals surface area contributed by atoms with Crippen LogP contribution in [0.3, 0.4) is 0 Å². The van der Waals surface area contributed by atoms with Crippen molar-refractivity contribution >= 4 is 17.6 Å². The summed E-state index contributed by atoms with van der Waals surface area (Å²) in [5.74, 6) is 2.94. The van der Waals surface area contributed by atoms with E-state index < -0.39 is 0 Å². The Morgan fingerprint density at radius 1 is 1.27 bits per heavy atom. The summed E-state index contributed by atoms with van der Waals surface area (Å²) in [4.78, 5) is 23.4. The van der Waals surface area contributed by atoms with E-state index in [1.54, 1.807) is 4.52 Å². The number of esters is 1. The van der Waals surface area contributed by atoms with Gasteiger partial charge in [-0.3, -0.25) is 4.79 Å². The van der Waals surface area contributed by atoms with Gasteiger partial charge in [0.25, 0.3) is 5.78 Å². The average Bonchev–Trinajstić information content (AvgIpc) is 3.10. The minimum Gasteiger partial charge on any atom is -0.466 e. The molecule has 4 rings (SSSR count). The van der Waals surface area contributed by atoms with Gasteiger partial charge in [-0.2, -0.15) is 14.6 Å². The summed E-state index contributed by atoms with van der Waals surface area (Å²) in [6, 6.07) is 0. The zero-order chi connectivity index (χ0) is 18.1. The molecule has 2 aromatic rings. The molecule has 7 heteroatoms. The number of rotatable bonds is 4. The molecule has 0 radical (unpaired) electrons. The highest BCUT2D eigenvalue weighted by Gasteiger charge is 2.33. The third-order valence-corrected chi connectivity index (χ3v) is 5.92. The summed E-state index contributed by atoms with van der Waals surface area (Å²) in [5, 5.41) is 4.40. The van der Waals surface area contributed by atoms with Crippen molar-refractivity contribution in [1.29, 1.82) is 0 Å². The highest BCUT2D eigenvalue weighted by atomic mass is 16.5. The van der Waals surface area contributed by atoms with Crippen molar-refractivity contribution in [3.63, 3.8) is 0 Å². The van der Waals surface area contributed by atoms with Crippen LogP contribution in [-0.4, -0.2) is 45.2 Å². The van der Waals surface area contributed by atoms with Crippen LogP contribution in [0.1, 0.15) is 50.3 Å². The van der Waals surface area contributed by atoms with E-state index in [1.807, 2.05) is 13.8 Å². The Hall–Kier alpha value is -2.18. The Bertz CT molecular complexity index is 803. The second kappa shape index (κ2) is 7.21. The van der Waals surface area contributed by atoms with E-state index in [0.717, 1.165) is 42.0 Å². The minimum atomic E-state index is -0.217. The van der Waals surface area contributed by atoms with Gasteiger partial charge in [0.15, 0.2) is 0 Å². The molecule has 1 aliphatic heterocycles. The molecule has 0 spiro atoms. The van der Waals surface area contributed by atoms with Crippen LogP contribution in [0, 0.1) is 18.8 Å². The van der Waals surface area contributed by atoms with Crippen molar-refractivity contribution in [2.75, 3.05) is 24.6 Å². The molecule has 2 atom stereocenters.